The van der Waals surface area contributed by atoms with Gasteiger partial charge in [0.2, 0.25) is 9.92 Å². The second kappa shape index (κ2) is 8.91. The van der Waals surface area contributed by atoms with Gasteiger partial charge in [-0.1, -0.05) is 0 Å². The van der Waals surface area contributed by atoms with Crippen molar-refractivity contribution in [2.45, 2.75) is 0 Å². The zero-order valence-electron chi connectivity index (χ0n) is 3.19. The van der Waals surface area contributed by atoms with Crippen LogP contribution in [0.1, 0.15) is 0 Å². The maximum absolute atomic E-state index is 4.98. The summed E-state index contributed by atoms with van der Waals surface area (Å²) in [6.07, 6.45) is 0. The molecular formula is H7NOSi2Ti. The SMILES string of the molecule is N[SiH2]O[SiH3].[Ti]. The van der Waals surface area contributed by atoms with Crippen molar-refractivity contribution in [3.05, 3.63) is 0 Å². The van der Waals surface area contributed by atoms with Gasteiger partial charge in [-0.3, -0.25) is 0 Å². The quantitative estimate of drug-likeness (QED) is 0.401. The maximum Gasteiger partial charge on any atom is 0.221 e. The predicted molar refractivity (Wildman–Crippen MR) is 23.8 cm³/mol. The average molecular weight is 141 g/mol. The Morgan fingerprint density at radius 3 is 2.00 bits per heavy atom. The molecule has 0 saturated carbocycles. The van der Waals surface area contributed by atoms with Gasteiger partial charge in [-0.05, 0) is 0 Å². The van der Waals surface area contributed by atoms with Crippen molar-refractivity contribution in [3.63, 3.8) is 0 Å². The van der Waals surface area contributed by atoms with Crippen molar-refractivity contribution < 1.29 is 25.8 Å². The van der Waals surface area contributed by atoms with Crippen LogP contribution in [0.5, 0.6) is 0 Å². The molecule has 5 heavy (non-hydrogen) atoms. The summed E-state index contributed by atoms with van der Waals surface area (Å²) < 4.78 is 4.60. The molecule has 2 N–H and O–H groups in total. The molecule has 2 nitrogen and oxygen atoms in total. The Bertz CT molecular complexity index is 11.6. The molecule has 0 unspecified atom stereocenters. The molecule has 0 aliphatic carbocycles. The van der Waals surface area contributed by atoms with E-state index >= 15 is 0 Å². The van der Waals surface area contributed by atoms with Crippen LogP contribution in [-0.2, 0) is 25.8 Å². The first kappa shape index (κ1) is 9.42. The third-order valence-corrected chi connectivity index (χ3v) is 1.50. The summed E-state index contributed by atoms with van der Waals surface area (Å²) in [5.41, 5.74) is 0. The normalized spacial score (nSPS) is 9.00. The number of nitrogens with two attached hydrogens (primary N) is 1. The first-order valence-corrected chi connectivity index (χ1v) is 3.32. The molecular weight excluding hydrogens is 134 g/mol. The van der Waals surface area contributed by atoms with Crippen LogP contribution in [0.3, 0.4) is 0 Å². The molecule has 0 heterocycles. The molecule has 0 spiro atoms. The molecule has 0 aromatic rings. The minimum Gasteiger partial charge on any atom is -0.457 e. The van der Waals surface area contributed by atoms with Crippen LogP contribution < -0.4 is 5.40 Å². The predicted octanol–water partition coefficient (Wildman–Crippen LogP) is -2.76. The minimum atomic E-state index is -0.514. The Kier molecular flexibility index (Phi) is 16.8. The third-order valence-electron chi connectivity index (χ3n) is 0.167. The van der Waals surface area contributed by atoms with Gasteiger partial charge in [0.15, 0.2) is 0 Å². The molecule has 0 rings (SSSR count). The van der Waals surface area contributed by atoms with Gasteiger partial charge in [0.25, 0.3) is 0 Å². The van der Waals surface area contributed by atoms with Gasteiger partial charge >= 0.3 is 0 Å². The van der Waals surface area contributed by atoms with Crippen molar-refractivity contribution >= 4 is 20.4 Å². The maximum atomic E-state index is 4.98. The van der Waals surface area contributed by atoms with E-state index in [0.29, 0.717) is 0 Å². The fourth-order valence-electron chi connectivity index (χ4n) is 0. The Labute approximate surface area is 51.9 Å². The van der Waals surface area contributed by atoms with Gasteiger partial charge in [0.05, 0.1) is 0 Å². The van der Waals surface area contributed by atoms with Crippen molar-refractivity contribution in [1.29, 1.82) is 0 Å². The van der Waals surface area contributed by atoms with E-state index in [4.69, 9.17) is 5.40 Å². The van der Waals surface area contributed by atoms with Crippen LogP contribution in [0, 0.1) is 0 Å². The minimum absolute atomic E-state index is 0. The van der Waals surface area contributed by atoms with Crippen LogP contribution >= 0.6 is 0 Å². The van der Waals surface area contributed by atoms with Crippen LogP contribution in [0.4, 0.5) is 0 Å². The largest absolute Gasteiger partial charge is 0.457 e. The summed E-state index contributed by atoms with van der Waals surface area (Å²) in [4.78, 5) is 0. The molecule has 0 amide bonds. The Morgan fingerprint density at radius 2 is 2.00 bits per heavy atom. The van der Waals surface area contributed by atoms with E-state index in [0.717, 1.165) is 10.5 Å². The summed E-state index contributed by atoms with van der Waals surface area (Å²) in [6, 6.07) is 0. The first-order valence-electron chi connectivity index (χ1n) is 1.11. The molecule has 0 bridgehead atoms. The summed E-state index contributed by atoms with van der Waals surface area (Å²) in [5.74, 6) is 0. The van der Waals surface area contributed by atoms with E-state index in [1.807, 2.05) is 0 Å². The zero-order valence-corrected chi connectivity index (χ0v) is 8.17. The molecule has 0 aromatic heterocycles. The fourth-order valence-corrected chi connectivity index (χ4v) is 0. The standard InChI is InChI=1S/H7NOSi2.Ti/c1-4-2-3;/h1,4H2,3H3;. The van der Waals surface area contributed by atoms with E-state index < -0.39 is 9.92 Å². The summed E-state index contributed by atoms with van der Waals surface area (Å²) in [7, 11) is 0.313. The van der Waals surface area contributed by atoms with Crippen LogP contribution in [0.25, 0.3) is 0 Å². The van der Waals surface area contributed by atoms with Crippen molar-refractivity contribution in [3.8, 4) is 0 Å². The summed E-state index contributed by atoms with van der Waals surface area (Å²) >= 11 is 0. The second-order valence-corrected chi connectivity index (χ2v) is 3.10. The van der Waals surface area contributed by atoms with Gasteiger partial charge in [-0.15, -0.1) is 0 Å². The molecule has 5 heteroatoms. The van der Waals surface area contributed by atoms with Crippen molar-refractivity contribution in [1.82, 2.24) is 0 Å². The van der Waals surface area contributed by atoms with Gasteiger partial charge in [-0.2, -0.15) is 0 Å². The average Bonchev–Trinajstić information content (AvgIpc) is 1.37. The molecule has 0 radical (unpaired) electrons. The van der Waals surface area contributed by atoms with Gasteiger partial charge in [-0.25, -0.2) is 0 Å². The fraction of sp³-hybridized carbons (Fsp3) is 0. The van der Waals surface area contributed by atoms with Gasteiger partial charge in [0, 0.05) is 21.7 Å². The van der Waals surface area contributed by atoms with Crippen LogP contribution in [0.2, 0.25) is 0 Å². The monoisotopic (exact) mass is 141 g/mol. The van der Waals surface area contributed by atoms with E-state index in [2.05, 4.69) is 4.12 Å². The number of hydrogen-bond acceptors (Lipinski definition) is 2. The van der Waals surface area contributed by atoms with Crippen molar-refractivity contribution in [2.75, 3.05) is 0 Å². The smallest absolute Gasteiger partial charge is 0.221 e. The van der Waals surface area contributed by atoms with E-state index in [-0.39, 0.29) is 21.7 Å². The number of hydrogen-bond donors (Lipinski definition) is 1. The van der Waals surface area contributed by atoms with Gasteiger partial charge in [0.1, 0.15) is 10.5 Å². The Morgan fingerprint density at radius 1 is 1.80 bits per heavy atom. The topological polar surface area (TPSA) is 35.2 Å². The molecule has 0 atom stereocenters. The van der Waals surface area contributed by atoms with E-state index in [1.165, 1.54) is 0 Å². The first-order chi connectivity index (χ1) is 1.91. The second-order valence-electron chi connectivity index (χ2n) is 0.455. The zero-order chi connectivity index (χ0) is 3.41. The molecule has 0 aliphatic rings. The van der Waals surface area contributed by atoms with Crippen LogP contribution in [0.15, 0.2) is 0 Å². The summed E-state index contributed by atoms with van der Waals surface area (Å²) in [6.45, 7) is 0. The molecule has 0 aliphatic heterocycles. The molecule has 0 aromatic carbocycles. The third kappa shape index (κ3) is 11.2. The van der Waals surface area contributed by atoms with E-state index in [9.17, 15) is 0 Å². The number of rotatable bonds is 1. The summed E-state index contributed by atoms with van der Waals surface area (Å²) in [5, 5.41) is 4.98. The van der Waals surface area contributed by atoms with Gasteiger partial charge < -0.3 is 9.51 Å². The molecule has 0 fully saturated rings. The van der Waals surface area contributed by atoms with Crippen molar-refractivity contribution in [2.24, 2.45) is 5.40 Å². The molecule has 30 valence electrons. The van der Waals surface area contributed by atoms with Crippen LogP contribution in [-0.4, -0.2) is 20.4 Å². The Balaban J connectivity index is 0. The Hall–Kier alpha value is 1.07. The molecule has 0 saturated heterocycles. The van der Waals surface area contributed by atoms with E-state index in [1.54, 1.807) is 0 Å².